The molecular formula is C17H16ClN3O4S2. The number of rotatable bonds is 5. The van der Waals surface area contributed by atoms with Crippen molar-refractivity contribution in [3.63, 3.8) is 0 Å². The maximum Gasteiger partial charge on any atom is 0.307 e. The van der Waals surface area contributed by atoms with Crippen molar-refractivity contribution in [2.24, 2.45) is 7.05 Å². The Balaban J connectivity index is 1.73. The summed E-state index contributed by atoms with van der Waals surface area (Å²) in [5.41, 5.74) is 1.26. The number of nitrogens with one attached hydrogen (secondary N) is 1. The predicted octanol–water partition coefficient (Wildman–Crippen LogP) is 2.51. The second-order valence-corrected chi connectivity index (χ2v) is 9.35. The van der Waals surface area contributed by atoms with E-state index in [1.807, 2.05) is 0 Å². The van der Waals surface area contributed by atoms with E-state index in [9.17, 15) is 18.0 Å². The molecule has 0 saturated carbocycles. The Morgan fingerprint density at radius 3 is 2.56 bits per heavy atom. The van der Waals surface area contributed by atoms with Crippen LogP contribution in [0.5, 0.6) is 0 Å². The molecule has 0 radical (unpaired) electrons. The predicted molar refractivity (Wildman–Crippen MR) is 107 cm³/mol. The highest BCUT2D eigenvalue weighted by Gasteiger charge is 2.23. The molecule has 10 heteroatoms. The number of amides is 1. The van der Waals surface area contributed by atoms with E-state index < -0.39 is 15.9 Å². The largest absolute Gasteiger partial charge is 0.325 e. The second kappa shape index (κ2) is 7.43. The molecule has 1 amide bonds. The summed E-state index contributed by atoms with van der Waals surface area (Å²) in [6, 6.07) is 10.8. The number of likely N-dealkylation sites (N-methyl/N-ethyl adjacent to an activating group) is 1. The first-order chi connectivity index (χ1) is 12.7. The summed E-state index contributed by atoms with van der Waals surface area (Å²) >= 11 is 6.85. The van der Waals surface area contributed by atoms with Crippen LogP contribution < -0.4 is 10.2 Å². The van der Waals surface area contributed by atoms with Crippen molar-refractivity contribution in [3.05, 3.63) is 57.2 Å². The Morgan fingerprint density at radius 2 is 1.89 bits per heavy atom. The summed E-state index contributed by atoms with van der Waals surface area (Å²) in [4.78, 5) is 23.9. The average molecular weight is 426 g/mol. The molecule has 0 fully saturated rings. The maximum atomic E-state index is 12.5. The van der Waals surface area contributed by atoms with Gasteiger partial charge in [-0.15, -0.1) is 0 Å². The molecule has 0 aliphatic carbocycles. The fourth-order valence-electron chi connectivity index (χ4n) is 2.49. The van der Waals surface area contributed by atoms with Gasteiger partial charge in [0.15, 0.2) is 0 Å². The molecule has 1 heterocycles. The molecule has 0 atom stereocenters. The minimum atomic E-state index is -3.81. The minimum absolute atomic E-state index is 0.0534. The molecule has 2 aromatic carbocycles. The number of anilines is 1. The first-order valence-corrected chi connectivity index (χ1v) is 10.4. The molecule has 7 nitrogen and oxygen atoms in total. The first-order valence-electron chi connectivity index (χ1n) is 7.80. The highest BCUT2D eigenvalue weighted by molar-refractivity contribution is 7.89. The molecule has 142 valence electrons. The molecule has 0 aliphatic heterocycles. The number of hydrogen-bond acceptors (Lipinski definition) is 5. The quantitative estimate of drug-likeness (QED) is 0.680. The molecular weight excluding hydrogens is 410 g/mol. The molecule has 0 aliphatic rings. The lowest BCUT2D eigenvalue weighted by molar-refractivity contribution is -0.116. The van der Waals surface area contributed by atoms with Gasteiger partial charge in [-0.3, -0.25) is 9.59 Å². The van der Waals surface area contributed by atoms with E-state index in [-0.39, 0.29) is 16.3 Å². The van der Waals surface area contributed by atoms with Crippen molar-refractivity contribution in [1.29, 1.82) is 0 Å². The zero-order valence-corrected chi connectivity index (χ0v) is 16.9. The van der Waals surface area contributed by atoms with Gasteiger partial charge in [-0.2, -0.15) is 4.31 Å². The number of hydrogen-bond donors (Lipinski definition) is 1. The van der Waals surface area contributed by atoms with Gasteiger partial charge >= 0.3 is 4.87 Å². The van der Waals surface area contributed by atoms with E-state index in [1.54, 1.807) is 25.2 Å². The normalized spacial score (nSPS) is 11.9. The first kappa shape index (κ1) is 19.6. The summed E-state index contributed by atoms with van der Waals surface area (Å²) in [6.07, 6.45) is 0. The number of benzene rings is 2. The van der Waals surface area contributed by atoms with Crippen LogP contribution in [0, 0.1) is 0 Å². The van der Waals surface area contributed by atoms with Crippen molar-refractivity contribution in [2.45, 2.75) is 4.90 Å². The van der Waals surface area contributed by atoms with Gasteiger partial charge in [0.1, 0.15) is 0 Å². The number of sulfonamides is 1. The number of aromatic nitrogens is 1. The van der Waals surface area contributed by atoms with Crippen LogP contribution in [0.3, 0.4) is 0 Å². The third-order valence-electron chi connectivity index (χ3n) is 3.96. The highest BCUT2D eigenvalue weighted by atomic mass is 35.5. The van der Waals surface area contributed by atoms with Gasteiger partial charge in [-0.05, 0) is 42.5 Å². The molecule has 3 rings (SSSR count). The number of carbonyl (C=O) groups is 1. The lowest BCUT2D eigenvalue weighted by Crippen LogP contribution is -2.34. The molecule has 0 spiro atoms. The molecule has 27 heavy (non-hydrogen) atoms. The lowest BCUT2D eigenvalue weighted by Gasteiger charge is -2.17. The van der Waals surface area contributed by atoms with Crippen molar-refractivity contribution in [1.82, 2.24) is 8.87 Å². The van der Waals surface area contributed by atoms with Gasteiger partial charge in [0, 0.05) is 24.8 Å². The van der Waals surface area contributed by atoms with Crippen LogP contribution in [-0.4, -0.2) is 36.8 Å². The average Bonchev–Trinajstić information content (AvgIpc) is 2.89. The third kappa shape index (κ3) is 4.06. The van der Waals surface area contributed by atoms with Gasteiger partial charge in [0.05, 0.1) is 21.7 Å². The topological polar surface area (TPSA) is 88.5 Å². The van der Waals surface area contributed by atoms with Gasteiger partial charge in [0.25, 0.3) is 0 Å². The number of halogens is 1. The Morgan fingerprint density at radius 1 is 1.22 bits per heavy atom. The van der Waals surface area contributed by atoms with Crippen molar-refractivity contribution >= 4 is 54.8 Å². The number of aryl methyl sites for hydroxylation is 1. The van der Waals surface area contributed by atoms with Gasteiger partial charge in [0.2, 0.25) is 15.9 Å². The second-order valence-electron chi connectivity index (χ2n) is 5.87. The molecule has 0 saturated heterocycles. The fourth-order valence-corrected chi connectivity index (χ4v) is 4.66. The monoisotopic (exact) mass is 425 g/mol. The summed E-state index contributed by atoms with van der Waals surface area (Å²) < 4.78 is 28.3. The lowest BCUT2D eigenvalue weighted by atomic mass is 10.3. The van der Waals surface area contributed by atoms with E-state index in [4.69, 9.17) is 11.6 Å². The molecule has 1 N–H and O–H groups in total. The Hall–Kier alpha value is -2.20. The van der Waals surface area contributed by atoms with Crippen molar-refractivity contribution in [3.8, 4) is 0 Å². The number of thiazole rings is 1. The molecule has 0 unspecified atom stereocenters. The van der Waals surface area contributed by atoms with E-state index in [0.717, 1.165) is 25.9 Å². The fraction of sp³-hybridized carbons (Fsp3) is 0.176. The summed E-state index contributed by atoms with van der Waals surface area (Å²) in [7, 11) is -0.803. The SMILES string of the molecule is CN(CC(=O)Nc1ccc2c(c1)sc(=O)n2C)S(=O)(=O)c1ccc(Cl)cc1. The van der Waals surface area contributed by atoms with Gasteiger partial charge < -0.3 is 9.88 Å². The summed E-state index contributed by atoms with van der Waals surface area (Å²) in [6.45, 7) is -0.353. The van der Waals surface area contributed by atoms with Crippen LogP contribution in [0.1, 0.15) is 0 Å². The van der Waals surface area contributed by atoms with E-state index in [0.29, 0.717) is 10.7 Å². The standard InChI is InChI=1S/C17H16ClN3O4S2/c1-20(27(24,25)13-6-3-11(18)4-7-13)10-16(22)19-12-5-8-14-15(9-12)26-17(23)21(14)2/h3-9H,10H2,1-2H3,(H,19,22). The minimum Gasteiger partial charge on any atom is -0.325 e. The van der Waals surface area contributed by atoms with Crippen LogP contribution in [0.4, 0.5) is 5.69 Å². The van der Waals surface area contributed by atoms with E-state index >= 15 is 0 Å². The van der Waals surface area contributed by atoms with Gasteiger partial charge in [-0.25, -0.2) is 8.42 Å². The van der Waals surface area contributed by atoms with Crippen LogP contribution in [0.25, 0.3) is 10.2 Å². The number of carbonyl (C=O) groups excluding carboxylic acids is 1. The van der Waals surface area contributed by atoms with Crippen LogP contribution in [0.2, 0.25) is 5.02 Å². The van der Waals surface area contributed by atoms with Crippen molar-refractivity contribution in [2.75, 3.05) is 18.9 Å². The Kier molecular flexibility index (Phi) is 5.38. The van der Waals surface area contributed by atoms with Crippen LogP contribution in [-0.2, 0) is 21.9 Å². The Bertz CT molecular complexity index is 1170. The third-order valence-corrected chi connectivity index (χ3v) is 7.03. The highest BCUT2D eigenvalue weighted by Crippen LogP contribution is 2.21. The Labute approximate surface area is 164 Å². The zero-order chi connectivity index (χ0) is 19.8. The molecule has 3 aromatic rings. The summed E-state index contributed by atoms with van der Waals surface area (Å²) in [5.74, 6) is -0.488. The van der Waals surface area contributed by atoms with Crippen molar-refractivity contribution < 1.29 is 13.2 Å². The van der Waals surface area contributed by atoms with Gasteiger partial charge in [-0.1, -0.05) is 22.9 Å². The smallest absolute Gasteiger partial charge is 0.307 e. The van der Waals surface area contributed by atoms with Crippen LogP contribution in [0.15, 0.2) is 52.2 Å². The molecule has 0 bridgehead atoms. The molecule has 1 aromatic heterocycles. The van der Waals surface area contributed by atoms with E-state index in [2.05, 4.69) is 5.32 Å². The van der Waals surface area contributed by atoms with Crippen LogP contribution >= 0.6 is 22.9 Å². The number of fused-ring (bicyclic) bond motifs is 1. The maximum absolute atomic E-state index is 12.5. The number of nitrogens with zero attached hydrogens (tertiary/aromatic N) is 2. The summed E-state index contributed by atoms with van der Waals surface area (Å²) in [5, 5.41) is 3.08. The zero-order valence-electron chi connectivity index (χ0n) is 14.5. The van der Waals surface area contributed by atoms with E-state index in [1.165, 1.54) is 35.9 Å².